The molecule has 0 aromatic carbocycles. The summed E-state index contributed by atoms with van der Waals surface area (Å²) in [6, 6.07) is 0. The van der Waals surface area contributed by atoms with E-state index in [0.29, 0.717) is 6.61 Å². The van der Waals surface area contributed by atoms with Crippen molar-refractivity contribution in [2.75, 3.05) is 26.2 Å². The summed E-state index contributed by atoms with van der Waals surface area (Å²) in [5.41, 5.74) is 0.884. The molecule has 0 N–H and O–H groups in total. The molecule has 0 bridgehead atoms. The molecule has 29 heavy (non-hydrogen) atoms. The largest absolute Gasteiger partial charge is 0.349 e. The first-order chi connectivity index (χ1) is 14.0. The maximum absolute atomic E-state index is 13.0. The number of ketones is 1. The summed E-state index contributed by atoms with van der Waals surface area (Å²) in [4.78, 5) is 15.4. The molecule has 0 radical (unpaired) electrons. The average Bonchev–Trinajstić information content (AvgIpc) is 2.70. The quantitative estimate of drug-likeness (QED) is 0.270. The zero-order valence-corrected chi connectivity index (χ0v) is 19.9. The van der Waals surface area contributed by atoms with Crippen molar-refractivity contribution in [2.24, 2.45) is 5.92 Å². The molecule has 4 heteroatoms. The van der Waals surface area contributed by atoms with E-state index in [-0.39, 0.29) is 24.1 Å². The molecule has 0 fully saturated rings. The van der Waals surface area contributed by atoms with Gasteiger partial charge in [-0.1, -0.05) is 79.6 Å². The fourth-order valence-corrected chi connectivity index (χ4v) is 3.71. The highest BCUT2D eigenvalue weighted by atomic mass is 16.7. The highest BCUT2D eigenvalue weighted by Gasteiger charge is 2.34. The fourth-order valence-electron chi connectivity index (χ4n) is 3.71. The van der Waals surface area contributed by atoms with Crippen LogP contribution in [0.3, 0.4) is 0 Å². The maximum atomic E-state index is 13.0. The van der Waals surface area contributed by atoms with Crippen LogP contribution in [0.5, 0.6) is 0 Å². The molecule has 1 heterocycles. The second kappa shape index (κ2) is 16.0. The van der Waals surface area contributed by atoms with Gasteiger partial charge in [-0.15, -0.1) is 0 Å². The lowest BCUT2D eigenvalue weighted by atomic mass is 9.94. The first kappa shape index (κ1) is 26.3. The minimum Gasteiger partial charge on any atom is -0.349 e. The van der Waals surface area contributed by atoms with Gasteiger partial charge in [-0.05, 0) is 44.3 Å². The van der Waals surface area contributed by atoms with Crippen LogP contribution >= 0.6 is 0 Å². The van der Waals surface area contributed by atoms with Gasteiger partial charge in [-0.2, -0.15) is 0 Å². The van der Waals surface area contributed by atoms with Crippen LogP contribution < -0.4 is 0 Å². The Bertz CT molecular complexity index is 453. The van der Waals surface area contributed by atoms with E-state index in [1.54, 1.807) is 0 Å². The smallest absolute Gasteiger partial charge is 0.189 e. The Balaban J connectivity index is 2.65. The number of carbonyl (C=O) groups is 1. The Morgan fingerprint density at radius 2 is 1.52 bits per heavy atom. The van der Waals surface area contributed by atoms with Gasteiger partial charge in [0, 0.05) is 12.1 Å². The second-order valence-corrected chi connectivity index (χ2v) is 8.85. The van der Waals surface area contributed by atoms with E-state index >= 15 is 0 Å². The van der Waals surface area contributed by atoms with Crippen molar-refractivity contribution in [3.05, 3.63) is 11.6 Å². The molecule has 170 valence electrons. The molecule has 0 amide bonds. The molecule has 0 aromatic heterocycles. The Hall–Kier alpha value is -0.710. The topological polar surface area (TPSA) is 38.8 Å². The maximum Gasteiger partial charge on any atom is 0.189 e. The molecule has 0 aliphatic carbocycles. The van der Waals surface area contributed by atoms with Crippen molar-refractivity contribution in [3.8, 4) is 0 Å². The first-order valence-corrected chi connectivity index (χ1v) is 12.3. The molecule has 0 saturated heterocycles. The number of hydrogen-bond acceptors (Lipinski definition) is 4. The molecular formula is C25H47NO3. The van der Waals surface area contributed by atoms with Gasteiger partial charge in [-0.25, -0.2) is 0 Å². The normalized spacial score (nSPS) is 20.0. The van der Waals surface area contributed by atoms with Gasteiger partial charge in [0.25, 0.3) is 0 Å². The Labute approximate surface area is 180 Å². The predicted molar refractivity (Wildman–Crippen MR) is 122 cm³/mol. The summed E-state index contributed by atoms with van der Waals surface area (Å²) in [7, 11) is 0. The lowest BCUT2D eigenvalue weighted by molar-refractivity contribution is -0.171. The zero-order valence-electron chi connectivity index (χ0n) is 19.9. The highest BCUT2D eigenvalue weighted by molar-refractivity contribution is 6.00. The van der Waals surface area contributed by atoms with Gasteiger partial charge < -0.3 is 9.47 Å². The summed E-state index contributed by atoms with van der Waals surface area (Å²) in [5.74, 6) is 0.309. The van der Waals surface area contributed by atoms with Gasteiger partial charge in [0.1, 0.15) is 6.10 Å². The van der Waals surface area contributed by atoms with Crippen LogP contribution in [0.4, 0.5) is 0 Å². The van der Waals surface area contributed by atoms with Gasteiger partial charge >= 0.3 is 0 Å². The number of carbonyl (C=O) groups excluding carboxylic acids is 1. The summed E-state index contributed by atoms with van der Waals surface area (Å²) < 4.78 is 12.0. The van der Waals surface area contributed by atoms with Crippen molar-refractivity contribution in [2.45, 2.75) is 111 Å². The second-order valence-electron chi connectivity index (χ2n) is 8.85. The Morgan fingerprint density at radius 3 is 2.10 bits per heavy atom. The van der Waals surface area contributed by atoms with Crippen LogP contribution in [0.25, 0.3) is 0 Å². The van der Waals surface area contributed by atoms with Crippen molar-refractivity contribution >= 4 is 5.78 Å². The van der Waals surface area contributed by atoms with E-state index in [0.717, 1.165) is 31.6 Å². The molecule has 0 aromatic rings. The molecule has 1 aliphatic heterocycles. The SMILES string of the molecule is CCCCCCCCOC1C=C(CN(CCCC)CCCC)C(=O)C(C(C)C)O1. The molecule has 2 atom stereocenters. The van der Waals surface area contributed by atoms with Gasteiger partial charge in [0.05, 0.1) is 6.61 Å². The van der Waals surface area contributed by atoms with Crippen LogP contribution in [0.2, 0.25) is 0 Å². The number of unbranched alkanes of at least 4 members (excludes halogenated alkanes) is 7. The van der Waals surface area contributed by atoms with E-state index in [1.807, 2.05) is 6.08 Å². The van der Waals surface area contributed by atoms with Gasteiger partial charge in [0.15, 0.2) is 12.1 Å². The molecule has 4 nitrogen and oxygen atoms in total. The van der Waals surface area contributed by atoms with E-state index < -0.39 is 0 Å². The minimum absolute atomic E-state index is 0.150. The van der Waals surface area contributed by atoms with Gasteiger partial charge in [0.2, 0.25) is 0 Å². The van der Waals surface area contributed by atoms with Crippen molar-refractivity contribution in [3.63, 3.8) is 0 Å². The number of hydrogen-bond donors (Lipinski definition) is 0. The number of Topliss-reactive ketones (excluding diaryl/α,β-unsaturated/α-hetero) is 1. The van der Waals surface area contributed by atoms with E-state index in [2.05, 4.69) is 39.5 Å². The molecule has 2 unspecified atom stereocenters. The predicted octanol–water partition coefficient (Wildman–Crippen LogP) is 6.14. The summed E-state index contributed by atoms with van der Waals surface area (Å²) in [6.07, 6.45) is 13.3. The van der Waals surface area contributed by atoms with Crippen LogP contribution in [0.1, 0.15) is 98.8 Å². The van der Waals surface area contributed by atoms with E-state index in [1.165, 1.54) is 57.8 Å². The van der Waals surface area contributed by atoms with E-state index in [4.69, 9.17) is 9.47 Å². The Kier molecular flexibility index (Phi) is 14.6. The van der Waals surface area contributed by atoms with Crippen molar-refractivity contribution in [1.82, 2.24) is 4.90 Å². The van der Waals surface area contributed by atoms with Crippen LogP contribution in [0, 0.1) is 5.92 Å². The Morgan fingerprint density at radius 1 is 0.931 bits per heavy atom. The third kappa shape index (κ3) is 10.8. The fraction of sp³-hybridized carbons (Fsp3) is 0.880. The molecule has 1 aliphatic rings. The van der Waals surface area contributed by atoms with Gasteiger partial charge in [-0.3, -0.25) is 9.69 Å². The third-order valence-corrected chi connectivity index (χ3v) is 5.63. The van der Waals surface area contributed by atoms with Crippen LogP contribution in [0.15, 0.2) is 11.6 Å². The van der Waals surface area contributed by atoms with Crippen molar-refractivity contribution in [1.29, 1.82) is 0 Å². The minimum atomic E-state index is -0.385. The lowest BCUT2D eigenvalue weighted by Gasteiger charge is -2.32. The molecule has 1 rings (SSSR count). The lowest BCUT2D eigenvalue weighted by Crippen LogP contribution is -2.42. The third-order valence-electron chi connectivity index (χ3n) is 5.63. The summed E-state index contributed by atoms with van der Waals surface area (Å²) in [6.45, 7) is 14.3. The first-order valence-electron chi connectivity index (χ1n) is 12.3. The number of ether oxygens (including phenoxy) is 2. The summed E-state index contributed by atoms with van der Waals surface area (Å²) in [5, 5.41) is 0. The average molecular weight is 410 g/mol. The zero-order chi connectivity index (χ0) is 21.5. The molecule has 0 saturated carbocycles. The molecular weight excluding hydrogens is 362 g/mol. The summed E-state index contributed by atoms with van der Waals surface area (Å²) >= 11 is 0. The number of rotatable bonds is 17. The number of nitrogens with zero attached hydrogens (tertiary/aromatic N) is 1. The monoisotopic (exact) mass is 409 g/mol. The van der Waals surface area contributed by atoms with Crippen molar-refractivity contribution < 1.29 is 14.3 Å². The van der Waals surface area contributed by atoms with E-state index in [9.17, 15) is 4.79 Å². The van der Waals surface area contributed by atoms with Crippen LogP contribution in [-0.2, 0) is 14.3 Å². The molecule has 0 spiro atoms. The standard InChI is InChI=1S/C25H47NO3/c1-6-9-12-13-14-15-18-28-23-19-22(24(27)25(29-23)21(4)5)20-26(16-10-7-2)17-11-8-3/h19,21,23,25H,6-18,20H2,1-5H3. The highest BCUT2D eigenvalue weighted by Crippen LogP contribution is 2.23. The van der Waals surface area contributed by atoms with Crippen LogP contribution in [-0.4, -0.2) is 49.3 Å².